The molecule has 3 nitrogen and oxygen atoms in total. The first-order valence-electron chi connectivity index (χ1n) is 3.63. The van der Waals surface area contributed by atoms with E-state index in [9.17, 15) is 4.79 Å². The molecule has 68 valence electrons. The highest BCUT2D eigenvalue weighted by Crippen LogP contribution is 1.73. The highest BCUT2D eigenvalue weighted by molar-refractivity contribution is 5.66. The van der Waals surface area contributed by atoms with E-state index in [2.05, 4.69) is 28.4 Å². The van der Waals surface area contributed by atoms with Crippen molar-refractivity contribution in [2.75, 3.05) is 13.2 Å². The van der Waals surface area contributed by atoms with Crippen molar-refractivity contribution in [3.05, 3.63) is 12.2 Å². The quantitative estimate of drug-likeness (QED) is 0.457. The van der Waals surface area contributed by atoms with Crippen LogP contribution in [0.2, 0.25) is 0 Å². The minimum atomic E-state index is -0.349. The molecule has 0 aromatic rings. The van der Waals surface area contributed by atoms with Gasteiger partial charge in [-0.1, -0.05) is 23.7 Å². The van der Waals surface area contributed by atoms with E-state index in [0.717, 1.165) is 0 Å². The number of hydrogen-bond donors (Lipinski definition) is 1. The predicted molar refractivity (Wildman–Crippen MR) is 48.4 cm³/mol. The number of rotatable bonds is 1. The highest BCUT2D eigenvalue weighted by atomic mass is 16.5. The van der Waals surface area contributed by atoms with Crippen LogP contribution in [0.3, 0.4) is 0 Å². The number of aliphatic hydroxyl groups excluding tert-OH is 1. The van der Waals surface area contributed by atoms with Crippen molar-refractivity contribution in [1.29, 1.82) is 0 Å². The summed E-state index contributed by atoms with van der Waals surface area (Å²) in [5, 5.41) is 8.27. The molecule has 0 aromatic heterocycles. The molecule has 0 amide bonds. The van der Waals surface area contributed by atoms with Crippen LogP contribution in [0.5, 0.6) is 0 Å². The molecule has 0 atom stereocenters. The summed E-state index contributed by atoms with van der Waals surface area (Å²) >= 11 is 0. The summed E-state index contributed by atoms with van der Waals surface area (Å²) < 4.78 is 4.55. The van der Waals surface area contributed by atoms with Crippen LogP contribution in [-0.4, -0.2) is 24.3 Å². The van der Waals surface area contributed by atoms with Gasteiger partial charge in [-0.15, -0.1) is 0 Å². The maximum absolute atomic E-state index is 10.3. The first-order chi connectivity index (χ1) is 6.27. The van der Waals surface area contributed by atoms with Gasteiger partial charge in [-0.25, -0.2) is 0 Å². The number of ether oxygens (including phenoxy) is 1. The highest BCUT2D eigenvalue weighted by Gasteiger charge is 1.84. The Labute approximate surface area is 77.4 Å². The van der Waals surface area contributed by atoms with Gasteiger partial charge in [0.1, 0.15) is 6.61 Å². The zero-order chi connectivity index (χ0) is 9.94. The van der Waals surface area contributed by atoms with E-state index in [-0.39, 0.29) is 19.2 Å². The largest absolute Gasteiger partial charge is 0.453 e. The number of hydrogen-bond acceptors (Lipinski definition) is 3. The maximum Gasteiger partial charge on any atom is 0.303 e. The number of carbonyl (C=O) groups excluding carboxylic acids is 1. The Balaban J connectivity index is 3.61. The number of carbonyl (C=O) groups is 1. The van der Waals surface area contributed by atoms with Crippen LogP contribution in [0.4, 0.5) is 0 Å². The van der Waals surface area contributed by atoms with Gasteiger partial charge >= 0.3 is 5.97 Å². The molecule has 0 saturated carbocycles. The molecule has 0 aliphatic heterocycles. The molecule has 13 heavy (non-hydrogen) atoms. The van der Waals surface area contributed by atoms with Crippen LogP contribution in [-0.2, 0) is 9.53 Å². The zero-order valence-electron chi connectivity index (χ0n) is 7.33. The standard InChI is InChI=1S/C10H10O3/c1-10(12)13-9-7-5-3-2-4-6-8-11/h2-3,11H,8-9H2,1H3/b3-2+. The molecule has 0 fully saturated rings. The summed E-state index contributed by atoms with van der Waals surface area (Å²) in [7, 11) is 0. The van der Waals surface area contributed by atoms with E-state index in [1.54, 1.807) is 0 Å². The molecule has 0 aliphatic carbocycles. The first kappa shape index (κ1) is 11.3. The Morgan fingerprint density at radius 2 is 2.00 bits per heavy atom. The summed E-state index contributed by atoms with van der Waals surface area (Å²) in [6, 6.07) is 0. The average molecular weight is 178 g/mol. The third-order valence-electron chi connectivity index (χ3n) is 0.881. The normalized spacial score (nSPS) is 8.15. The van der Waals surface area contributed by atoms with Gasteiger partial charge in [-0.2, -0.15) is 0 Å². The summed E-state index contributed by atoms with van der Waals surface area (Å²) in [5.74, 6) is 9.81. The van der Waals surface area contributed by atoms with E-state index in [0.29, 0.717) is 0 Å². The summed E-state index contributed by atoms with van der Waals surface area (Å²) in [4.78, 5) is 10.3. The third kappa shape index (κ3) is 10.3. The second-order valence-electron chi connectivity index (χ2n) is 1.91. The molecular weight excluding hydrogens is 168 g/mol. The number of allylic oxidation sites excluding steroid dienone is 2. The molecule has 0 spiro atoms. The molecule has 1 N–H and O–H groups in total. The van der Waals surface area contributed by atoms with Crippen molar-refractivity contribution < 1.29 is 14.6 Å². The molecule has 0 aliphatic rings. The molecule has 0 radical (unpaired) electrons. The lowest BCUT2D eigenvalue weighted by Gasteiger charge is -1.89. The van der Waals surface area contributed by atoms with Crippen molar-refractivity contribution in [3.63, 3.8) is 0 Å². The third-order valence-corrected chi connectivity index (χ3v) is 0.881. The van der Waals surface area contributed by atoms with Crippen LogP contribution in [0.15, 0.2) is 12.2 Å². The summed E-state index contributed by atoms with van der Waals surface area (Å²) in [6.45, 7) is 1.25. The molecule has 0 bridgehead atoms. The van der Waals surface area contributed by atoms with Gasteiger partial charge in [0, 0.05) is 6.92 Å². The topological polar surface area (TPSA) is 46.5 Å². The van der Waals surface area contributed by atoms with E-state index in [1.807, 2.05) is 0 Å². The Kier molecular flexibility index (Phi) is 7.28. The van der Waals surface area contributed by atoms with Gasteiger partial charge in [-0.05, 0) is 12.2 Å². The molecule has 0 aromatic carbocycles. The monoisotopic (exact) mass is 178 g/mol. The maximum atomic E-state index is 10.3. The van der Waals surface area contributed by atoms with E-state index in [4.69, 9.17) is 5.11 Å². The van der Waals surface area contributed by atoms with Crippen molar-refractivity contribution in [3.8, 4) is 23.7 Å². The molecular formula is C10H10O3. The molecule has 0 unspecified atom stereocenters. The Hall–Kier alpha value is -1.71. The van der Waals surface area contributed by atoms with Gasteiger partial charge < -0.3 is 9.84 Å². The fraction of sp³-hybridized carbons (Fsp3) is 0.300. The second-order valence-corrected chi connectivity index (χ2v) is 1.91. The fourth-order valence-corrected chi connectivity index (χ4v) is 0.426. The van der Waals surface area contributed by atoms with E-state index in [1.165, 1.54) is 19.1 Å². The van der Waals surface area contributed by atoms with Gasteiger partial charge in [0.15, 0.2) is 6.61 Å². The summed E-state index contributed by atoms with van der Waals surface area (Å²) in [6.07, 6.45) is 3.03. The minimum absolute atomic E-state index is 0.0904. The Morgan fingerprint density at radius 1 is 1.38 bits per heavy atom. The van der Waals surface area contributed by atoms with Crippen molar-refractivity contribution in [2.45, 2.75) is 6.92 Å². The number of esters is 1. The fourth-order valence-electron chi connectivity index (χ4n) is 0.426. The first-order valence-corrected chi connectivity index (χ1v) is 3.63. The molecule has 0 heterocycles. The molecule has 3 heteroatoms. The van der Waals surface area contributed by atoms with E-state index >= 15 is 0 Å². The summed E-state index contributed by atoms with van der Waals surface area (Å²) in [5.41, 5.74) is 0. The molecule has 0 saturated heterocycles. The molecule has 0 rings (SSSR count). The van der Waals surface area contributed by atoms with E-state index < -0.39 is 0 Å². The average Bonchev–Trinajstić information content (AvgIpc) is 2.09. The SMILES string of the molecule is CC(=O)OCC#C/C=C/C#CCO. The smallest absolute Gasteiger partial charge is 0.303 e. The van der Waals surface area contributed by atoms with Crippen LogP contribution >= 0.6 is 0 Å². The van der Waals surface area contributed by atoms with Crippen molar-refractivity contribution >= 4 is 5.97 Å². The van der Waals surface area contributed by atoms with Gasteiger partial charge in [0.25, 0.3) is 0 Å². The lowest BCUT2D eigenvalue weighted by molar-refractivity contribution is -0.139. The second kappa shape index (κ2) is 8.39. The zero-order valence-corrected chi connectivity index (χ0v) is 7.33. The van der Waals surface area contributed by atoms with Crippen LogP contribution < -0.4 is 0 Å². The minimum Gasteiger partial charge on any atom is -0.453 e. The van der Waals surface area contributed by atoms with Crippen LogP contribution in [0, 0.1) is 23.7 Å². The van der Waals surface area contributed by atoms with Gasteiger partial charge in [0.05, 0.1) is 0 Å². The Bertz CT molecular complexity index is 294. The predicted octanol–water partition coefficient (Wildman–Crippen LogP) is 0.105. The van der Waals surface area contributed by atoms with Crippen molar-refractivity contribution in [2.24, 2.45) is 0 Å². The van der Waals surface area contributed by atoms with Crippen molar-refractivity contribution in [1.82, 2.24) is 0 Å². The number of aliphatic hydroxyl groups is 1. The van der Waals surface area contributed by atoms with Gasteiger partial charge in [-0.3, -0.25) is 4.79 Å². The van der Waals surface area contributed by atoms with Gasteiger partial charge in [0.2, 0.25) is 0 Å². The van der Waals surface area contributed by atoms with Crippen LogP contribution in [0.25, 0.3) is 0 Å². The lowest BCUT2D eigenvalue weighted by Crippen LogP contribution is -1.97. The Morgan fingerprint density at radius 3 is 2.54 bits per heavy atom. The lowest BCUT2D eigenvalue weighted by atomic mass is 10.4. The van der Waals surface area contributed by atoms with Crippen LogP contribution in [0.1, 0.15) is 6.92 Å².